The molecule has 0 amide bonds. The first kappa shape index (κ1) is 13.9. The van der Waals surface area contributed by atoms with Gasteiger partial charge in [-0.2, -0.15) is 4.31 Å². The Morgan fingerprint density at radius 1 is 1.50 bits per heavy atom. The molecular formula is C11H15BrN2O3S. The van der Waals surface area contributed by atoms with Crippen molar-refractivity contribution < 1.29 is 13.5 Å². The SMILES string of the molecule is CC1(O)CCCN(S(=O)(=O)c2cncc(Br)c2)C1. The largest absolute Gasteiger partial charge is 0.389 e. The number of β-amino-alcohol motifs (C(OH)–C–C–N with tert-alkyl or cyclic N) is 1. The lowest BCUT2D eigenvalue weighted by molar-refractivity contribution is 0.00939. The molecule has 2 rings (SSSR count). The molecule has 1 aromatic rings. The minimum atomic E-state index is -3.57. The summed E-state index contributed by atoms with van der Waals surface area (Å²) in [5, 5.41) is 9.98. The topological polar surface area (TPSA) is 70.5 Å². The van der Waals surface area contributed by atoms with Crippen molar-refractivity contribution >= 4 is 26.0 Å². The lowest BCUT2D eigenvalue weighted by Crippen LogP contribution is -2.48. The van der Waals surface area contributed by atoms with Gasteiger partial charge in [-0.05, 0) is 41.8 Å². The number of sulfonamides is 1. The second-order valence-electron chi connectivity index (χ2n) is 4.78. The molecule has 1 saturated heterocycles. The molecule has 1 atom stereocenters. The zero-order chi connectivity index (χ0) is 13.4. The molecule has 0 spiro atoms. The molecule has 0 saturated carbocycles. The van der Waals surface area contributed by atoms with Gasteiger partial charge in [-0.1, -0.05) is 0 Å². The normalized spacial score (nSPS) is 26.2. The van der Waals surface area contributed by atoms with Crippen LogP contribution in [0.15, 0.2) is 27.8 Å². The first-order chi connectivity index (χ1) is 8.31. The predicted molar refractivity (Wildman–Crippen MR) is 70.6 cm³/mol. The van der Waals surface area contributed by atoms with E-state index in [0.29, 0.717) is 23.9 Å². The van der Waals surface area contributed by atoms with E-state index in [1.807, 2.05) is 0 Å². The van der Waals surface area contributed by atoms with Gasteiger partial charge in [0, 0.05) is 30.0 Å². The highest BCUT2D eigenvalue weighted by Gasteiger charge is 2.35. The van der Waals surface area contributed by atoms with Crippen molar-refractivity contribution in [2.24, 2.45) is 0 Å². The third-order valence-electron chi connectivity index (χ3n) is 2.96. The second-order valence-corrected chi connectivity index (χ2v) is 7.63. The molecule has 1 aliphatic rings. The van der Waals surface area contributed by atoms with Crippen molar-refractivity contribution in [2.45, 2.75) is 30.3 Å². The predicted octanol–water partition coefficient (Wildman–Crippen LogP) is 1.38. The van der Waals surface area contributed by atoms with Crippen LogP contribution in [0.1, 0.15) is 19.8 Å². The molecule has 1 aliphatic heterocycles. The number of aliphatic hydroxyl groups is 1. The lowest BCUT2D eigenvalue weighted by Gasteiger charge is -2.35. The summed E-state index contributed by atoms with van der Waals surface area (Å²) in [4.78, 5) is 4.01. The van der Waals surface area contributed by atoms with Gasteiger partial charge in [-0.25, -0.2) is 8.42 Å². The Bertz CT molecular complexity index is 545. The molecule has 2 heterocycles. The number of hydrogen-bond donors (Lipinski definition) is 1. The number of hydrogen-bond acceptors (Lipinski definition) is 4. The first-order valence-electron chi connectivity index (χ1n) is 5.64. The zero-order valence-electron chi connectivity index (χ0n) is 10.0. The fourth-order valence-corrected chi connectivity index (χ4v) is 4.16. The van der Waals surface area contributed by atoms with Crippen LogP contribution in [0.4, 0.5) is 0 Å². The Morgan fingerprint density at radius 2 is 2.22 bits per heavy atom. The van der Waals surface area contributed by atoms with Gasteiger partial charge in [0.1, 0.15) is 4.90 Å². The average molecular weight is 335 g/mol. The van der Waals surface area contributed by atoms with Crippen LogP contribution >= 0.6 is 15.9 Å². The third-order valence-corrected chi connectivity index (χ3v) is 5.20. The van der Waals surface area contributed by atoms with Gasteiger partial charge in [0.25, 0.3) is 0 Å². The summed E-state index contributed by atoms with van der Waals surface area (Å²) in [6.45, 7) is 2.22. The quantitative estimate of drug-likeness (QED) is 0.886. The number of nitrogens with zero attached hydrogens (tertiary/aromatic N) is 2. The summed E-state index contributed by atoms with van der Waals surface area (Å²) in [6.07, 6.45) is 4.14. The van der Waals surface area contributed by atoms with Crippen LogP contribution in [0.25, 0.3) is 0 Å². The fourth-order valence-electron chi connectivity index (χ4n) is 2.06. The van der Waals surface area contributed by atoms with Crippen LogP contribution in [-0.2, 0) is 10.0 Å². The van der Waals surface area contributed by atoms with E-state index in [1.54, 1.807) is 6.92 Å². The Hall–Kier alpha value is -0.500. The van der Waals surface area contributed by atoms with Gasteiger partial charge in [0.2, 0.25) is 10.0 Å². The average Bonchev–Trinajstić information content (AvgIpc) is 2.27. The van der Waals surface area contributed by atoms with Crippen molar-refractivity contribution in [3.8, 4) is 0 Å². The summed E-state index contributed by atoms with van der Waals surface area (Å²) >= 11 is 3.21. The van der Waals surface area contributed by atoms with Gasteiger partial charge >= 0.3 is 0 Å². The van der Waals surface area contributed by atoms with E-state index in [9.17, 15) is 13.5 Å². The number of piperidine rings is 1. The van der Waals surface area contributed by atoms with Crippen molar-refractivity contribution in [2.75, 3.05) is 13.1 Å². The molecule has 1 N–H and O–H groups in total. The van der Waals surface area contributed by atoms with Gasteiger partial charge < -0.3 is 5.11 Å². The van der Waals surface area contributed by atoms with E-state index in [1.165, 1.54) is 22.8 Å². The molecule has 18 heavy (non-hydrogen) atoms. The molecule has 5 nitrogen and oxygen atoms in total. The van der Waals surface area contributed by atoms with Crippen molar-refractivity contribution in [1.82, 2.24) is 9.29 Å². The summed E-state index contributed by atoms with van der Waals surface area (Å²) < 4.78 is 26.7. The fraction of sp³-hybridized carbons (Fsp3) is 0.545. The standard InChI is InChI=1S/C11H15BrN2O3S/c1-11(15)3-2-4-14(8-11)18(16,17)10-5-9(12)6-13-7-10/h5-7,15H,2-4,8H2,1H3. The van der Waals surface area contributed by atoms with E-state index in [0.717, 1.165) is 0 Å². The van der Waals surface area contributed by atoms with Crippen molar-refractivity contribution in [3.63, 3.8) is 0 Å². The molecule has 100 valence electrons. The first-order valence-corrected chi connectivity index (χ1v) is 7.88. The molecular weight excluding hydrogens is 320 g/mol. The lowest BCUT2D eigenvalue weighted by atomic mass is 9.97. The Balaban J connectivity index is 2.31. The van der Waals surface area contributed by atoms with E-state index in [2.05, 4.69) is 20.9 Å². The maximum absolute atomic E-state index is 12.4. The molecule has 7 heteroatoms. The number of rotatable bonds is 2. The highest BCUT2D eigenvalue weighted by Crippen LogP contribution is 2.26. The van der Waals surface area contributed by atoms with E-state index in [-0.39, 0.29) is 11.4 Å². The number of halogens is 1. The molecule has 0 radical (unpaired) electrons. The molecule has 0 aliphatic carbocycles. The minimum absolute atomic E-state index is 0.127. The molecule has 1 aromatic heterocycles. The van der Waals surface area contributed by atoms with Gasteiger partial charge in [-0.15, -0.1) is 0 Å². The Morgan fingerprint density at radius 3 is 2.83 bits per heavy atom. The van der Waals surface area contributed by atoms with Crippen LogP contribution in [0.2, 0.25) is 0 Å². The Kier molecular flexibility index (Phi) is 3.77. The van der Waals surface area contributed by atoms with Crippen LogP contribution in [-0.4, -0.2) is 41.5 Å². The molecule has 1 unspecified atom stereocenters. The monoisotopic (exact) mass is 334 g/mol. The van der Waals surface area contributed by atoms with Gasteiger partial charge in [0.05, 0.1) is 5.60 Å². The van der Waals surface area contributed by atoms with Gasteiger partial charge in [-0.3, -0.25) is 4.98 Å². The summed E-state index contributed by atoms with van der Waals surface area (Å²) in [7, 11) is -3.57. The van der Waals surface area contributed by atoms with E-state index >= 15 is 0 Å². The highest BCUT2D eigenvalue weighted by atomic mass is 79.9. The van der Waals surface area contributed by atoms with Gasteiger partial charge in [0.15, 0.2) is 0 Å². The van der Waals surface area contributed by atoms with E-state index < -0.39 is 15.6 Å². The Labute approximate surface area is 115 Å². The smallest absolute Gasteiger partial charge is 0.244 e. The maximum Gasteiger partial charge on any atom is 0.244 e. The highest BCUT2D eigenvalue weighted by molar-refractivity contribution is 9.10. The summed E-state index contributed by atoms with van der Waals surface area (Å²) in [6, 6.07) is 1.52. The summed E-state index contributed by atoms with van der Waals surface area (Å²) in [5.74, 6) is 0. The molecule has 0 aromatic carbocycles. The molecule has 1 fully saturated rings. The van der Waals surface area contributed by atoms with Crippen LogP contribution in [0, 0.1) is 0 Å². The number of aromatic nitrogens is 1. The van der Waals surface area contributed by atoms with Crippen molar-refractivity contribution in [1.29, 1.82) is 0 Å². The zero-order valence-corrected chi connectivity index (χ0v) is 12.4. The minimum Gasteiger partial charge on any atom is -0.389 e. The summed E-state index contributed by atoms with van der Waals surface area (Å²) in [5.41, 5.74) is -0.954. The number of pyridine rings is 1. The van der Waals surface area contributed by atoms with Crippen LogP contribution in [0.3, 0.4) is 0 Å². The second kappa shape index (κ2) is 4.88. The molecule has 0 bridgehead atoms. The van der Waals surface area contributed by atoms with Crippen LogP contribution in [0.5, 0.6) is 0 Å². The van der Waals surface area contributed by atoms with Crippen molar-refractivity contribution in [3.05, 3.63) is 22.9 Å². The van der Waals surface area contributed by atoms with Crippen LogP contribution < -0.4 is 0 Å². The van der Waals surface area contributed by atoms with E-state index in [4.69, 9.17) is 0 Å². The third kappa shape index (κ3) is 2.90. The maximum atomic E-state index is 12.4.